The third-order valence-electron chi connectivity index (χ3n) is 4.21. The fourth-order valence-electron chi connectivity index (χ4n) is 2.81. The molecule has 1 N–H and O–H groups in total. The van der Waals surface area contributed by atoms with Crippen molar-refractivity contribution in [1.82, 2.24) is 4.98 Å². The molecule has 6 heteroatoms. The van der Waals surface area contributed by atoms with Crippen LogP contribution >= 0.6 is 0 Å². The predicted octanol–water partition coefficient (Wildman–Crippen LogP) is 2.70. The fourth-order valence-corrected chi connectivity index (χ4v) is 2.81. The molecule has 0 aromatic carbocycles. The van der Waals surface area contributed by atoms with Crippen LogP contribution < -0.4 is 10.1 Å². The maximum atomic E-state index is 12.5. The minimum Gasteiger partial charge on any atom is -0.475 e. The Bertz CT molecular complexity index is 527. The second-order valence-corrected chi connectivity index (χ2v) is 5.69. The van der Waals surface area contributed by atoms with E-state index in [0.29, 0.717) is 31.4 Å². The molecule has 0 radical (unpaired) electrons. The number of rotatable bonds is 8. The number of carbonyl (C=O) groups is 1. The molecular weight excluding hydrogens is 296 g/mol. The molecule has 6 nitrogen and oxygen atoms in total. The van der Waals surface area contributed by atoms with Crippen LogP contribution in [0.1, 0.15) is 38.3 Å². The third kappa shape index (κ3) is 4.42. The van der Waals surface area contributed by atoms with Gasteiger partial charge in [-0.15, -0.1) is 0 Å². The first-order chi connectivity index (χ1) is 11.1. The molecule has 23 heavy (non-hydrogen) atoms. The van der Waals surface area contributed by atoms with Crippen LogP contribution in [0.15, 0.2) is 12.1 Å². The van der Waals surface area contributed by atoms with Crippen molar-refractivity contribution in [3.63, 3.8) is 0 Å². The number of hydrogen-bond donors (Lipinski definition) is 1. The van der Waals surface area contributed by atoms with Crippen molar-refractivity contribution >= 4 is 11.6 Å². The maximum Gasteiger partial charge on any atom is 0.256 e. The van der Waals surface area contributed by atoms with Crippen LogP contribution in [0.4, 0.5) is 5.69 Å². The van der Waals surface area contributed by atoms with Gasteiger partial charge in [-0.1, -0.05) is 0 Å². The standard InChI is InChI=1S/C17H26N2O4/c1-4-22-11-12-23-15-8-7-14(13(2)18-15)19-16(20)17(21-3)9-5-6-10-17/h7-8H,4-6,9-12H2,1-3H3,(H,19,20). The number of aromatic nitrogens is 1. The summed E-state index contributed by atoms with van der Waals surface area (Å²) in [6, 6.07) is 3.57. The van der Waals surface area contributed by atoms with E-state index in [9.17, 15) is 4.79 Å². The van der Waals surface area contributed by atoms with Crippen LogP contribution in [-0.4, -0.2) is 43.4 Å². The number of aryl methyl sites for hydroxylation is 1. The second-order valence-electron chi connectivity index (χ2n) is 5.69. The Balaban J connectivity index is 1.96. The molecule has 1 aromatic rings. The summed E-state index contributed by atoms with van der Waals surface area (Å²) in [5, 5.41) is 2.94. The molecule has 1 fully saturated rings. The molecule has 0 aliphatic heterocycles. The topological polar surface area (TPSA) is 69.7 Å². The van der Waals surface area contributed by atoms with E-state index in [-0.39, 0.29) is 5.91 Å². The average Bonchev–Trinajstić information content (AvgIpc) is 3.04. The summed E-state index contributed by atoms with van der Waals surface area (Å²) >= 11 is 0. The Kier molecular flexibility index (Phi) is 6.36. The van der Waals surface area contributed by atoms with Gasteiger partial charge in [0.1, 0.15) is 12.2 Å². The minimum absolute atomic E-state index is 0.0904. The van der Waals surface area contributed by atoms with Crippen molar-refractivity contribution in [3.8, 4) is 5.88 Å². The minimum atomic E-state index is -0.695. The molecule has 128 valence electrons. The van der Waals surface area contributed by atoms with Gasteiger partial charge in [0.15, 0.2) is 0 Å². The van der Waals surface area contributed by atoms with Crippen molar-refractivity contribution in [2.75, 3.05) is 32.2 Å². The van der Waals surface area contributed by atoms with Crippen molar-refractivity contribution in [2.24, 2.45) is 0 Å². The van der Waals surface area contributed by atoms with Crippen molar-refractivity contribution < 1.29 is 19.0 Å². The molecule has 1 amide bonds. The van der Waals surface area contributed by atoms with Gasteiger partial charge in [0.2, 0.25) is 5.88 Å². The summed E-state index contributed by atoms with van der Waals surface area (Å²) in [4.78, 5) is 16.9. The number of nitrogens with one attached hydrogen (secondary N) is 1. The van der Waals surface area contributed by atoms with Crippen LogP contribution in [0, 0.1) is 6.92 Å². The highest BCUT2D eigenvalue weighted by molar-refractivity contribution is 5.97. The first kappa shape index (κ1) is 17.7. The Morgan fingerprint density at radius 2 is 2.04 bits per heavy atom. The van der Waals surface area contributed by atoms with E-state index in [1.165, 1.54) is 0 Å². The molecule has 0 spiro atoms. The fraction of sp³-hybridized carbons (Fsp3) is 0.647. The van der Waals surface area contributed by atoms with Gasteiger partial charge >= 0.3 is 0 Å². The van der Waals surface area contributed by atoms with Gasteiger partial charge in [-0.3, -0.25) is 4.79 Å². The lowest BCUT2D eigenvalue weighted by Crippen LogP contribution is -2.42. The van der Waals surface area contributed by atoms with Crippen molar-refractivity contribution in [3.05, 3.63) is 17.8 Å². The number of ether oxygens (including phenoxy) is 3. The zero-order valence-corrected chi connectivity index (χ0v) is 14.2. The van der Waals surface area contributed by atoms with E-state index in [4.69, 9.17) is 14.2 Å². The van der Waals surface area contributed by atoms with Gasteiger partial charge in [0.25, 0.3) is 5.91 Å². The number of carbonyl (C=O) groups excluding carboxylic acids is 1. The number of amides is 1. The molecule has 0 saturated heterocycles. The molecule has 1 aliphatic rings. The molecule has 0 unspecified atom stereocenters. The molecule has 1 heterocycles. The van der Waals surface area contributed by atoms with Gasteiger partial charge < -0.3 is 19.5 Å². The van der Waals surface area contributed by atoms with Gasteiger partial charge in [0.05, 0.1) is 18.0 Å². The van der Waals surface area contributed by atoms with E-state index in [1.807, 2.05) is 19.9 Å². The zero-order chi connectivity index (χ0) is 16.7. The van der Waals surface area contributed by atoms with Crippen LogP contribution in [-0.2, 0) is 14.3 Å². The first-order valence-corrected chi connectivity index (χ1v) is 8.16. The summed E-state index contributed by atoms with van der Waals surface area (Å²) < 4.78 is 16.2. The Morgan fingerprint density at radius 3 is 2.65 bits per heavy atom. The van der Waals surface area contributed by atoms with Gasteiger partial charge in [-0.25, -0.2) is 4.98 Å². The van der Waals surface area contributed by atoms with E-state index >= 15 is 0 Å². The molecule has 1 saturated carbocycles. The van der Waals surface area contributed by atoms with Gasteiger partial charge in [0, 0.05) is 19.8 Å². The van der Waals surface area contributed by atoms with E-state index < -0.39 is 5.60 Å². The SMILES string of the molecule is CCOCCOc1ccc(NC(=O)C2(OC)CCCC2)c(C)n1. The quantitative estimate of drug-likeness (QED) is 0.745. The highest BCUT2D eigenvalue weighted by Crippen LogP contribution is 2.34. The summed E-state index contributed by atoms with van der Waals surface area (Å²) in [5.41, 5.74) is 0.714. The summed E-state index contributed by atoms with van der Waals surface area (Å²) in [7, 11) is 1.60. The van der Waals surface area contributed by atoms with Crippen LogP contribution in [0.25, 0.3) is 0 Å². The summed E-state index contributed by atoms with van der Waals surface area (Å²) in [6.07, 6.45) is 3.57. The van der Waals surface area contributed by atoms with Crippen molar-refractivity contribution in [1.29, 1.82) is 0 Å². The Hall–Kier alpha value is -1.66. The number of hydrogen-bond acceptors (Lipinski definition) is 5. The first-order valence-electron chi connectivity index (χ1n) is 8.16. The van der Waals surface area contributed by atoms with Crippen molar-refractivity contribution in [2.45, 2.75) is 45.1 Å². The number of anilines is 1. The molecular formula is C17H26N2O4. The Labute approximate surface area is 137 Å². The summed E-state index contributed by atoms with van der Waals surface area (Å²) in [5.74, 6) is 0.440. The highest BCUT2D eigenvalue weighted by Gasteiger charge is 2.41. The number of nitrogens with zero attached hydrogens (tertiary/aromatic N) is 1. The van der Waals surface area contributed by atoms with Crippen LogP contribution in [0.3, 0.4) is 0 Å². The summed E-state index contributed by atoms with van der Waals surface area (Å²) in [6.45, 7) is 5.45. The van der Waals surface area contributed by atoms with Gasteiger partial charge in [-0.2, -0.15) is 0 Å². The molecule has 0 bridgehead atoms. The number of methoxy groups -OCH3 is 1. The monoisotopic (exact) mass is 322 g/mol. The lowest BCUT2D eigenvalue weighted by atomic mass is 10.0. The van der Waals surface area contributed by atoms with Crippen LogP contribution in [0.5, 0.6) is 5.88 Å². The lowest BCUT2D eigenvalue weighted by Gasteiger charge is -2.26. The molecule has 1 aliphatic carbocycles. The van der Waals surface area contributed by atoms with E-state index in [2.05, 4.69) is 10.3 Å². The average molecular weight is 322 g/mol. The third-order valence-corrected chi connectivity index (χ3v) is 4.21. The molecule has 2 rings (SSSR count). The maximum absolute atomic E-state index is 12.5. The highest BCUT2D eigenvalue weighted by atomic mass is 16.5. The van der Waals surface area contributed by atoms with Gasteiger partial charge in [-0.05, 0) is 45.6 Å². The lowest BCUT2D eigenvalue weighted by molar-refractivity contribution is -0.137. The Morgan fingerprint density at radius 1 is 1.30 bits per heavy atom. The predicted molar refractivity (Wildman–Crippen MR) is 87.8 cm³/mol. The zero-order valence-electron chi connectivity index (χ0n) is 14.2. The van der Waals surface area contributed by atoms with E-state index in [0.717, 1.165) is 31.4 Å². The second kappa shape index (κ2) is 8.26. The van der Waals surface area contributed by atoms with E-state index in [1.54, 1.807) is 13.2 Å². The normalized spacial score (nSPS) is 16.3. The smallest absolute Gasteiger partial charge is 0.256 e. The largest absolute Gasteiger partial charge is 0.475 e. The number of pyridine rings is 1. The molecule has 0 atom stereocenters. The molecule has 1 aromatic heterocycles. The van der Waals surface area contributed by atoms with Crippen LogP contribution in [0.2, 0.25) is 0 Å².